The van der Waals surface area contributed by atoms with Crippen LogP contribution in [0.2, 0.25) is 0 Å². The second-order valence-electron chi connectivity index (χ2n) is 2.90. The Kier molecular flexibility index (Phi) is 4.70. The van der Waals surface area contributed by atoms with Gasteiger partial charge in [-0.05, 0) is 23.8 Å². The molecule has 0 aliphatic heterocycles. The first-order chi connectivity index (χ1) is 6.74. The molecule has 0 radical (unpaired) electrons. The number of thiol groups is 1. The maximum Gasteiger partial charge on any atom is 0.104 e. The van der Waals surface area contributed by atoms with Crippen molar-refractivity contribution in [2.75, 3.05) is 5.75 Å². The number of hydrogen-bond donors (Lipinski definition) is 2. The number of nitrogens with two attached hydrogens (primary N) is 1. The standard InChI is InChI=1S/C11H13NS2/c12-11(14)10-6-3-5-9(8-10)4-1-2-7-13/h1,3-6,8,13H,2,7H2,(H2,12,14). The van der Waals surface area contributed by atoms with Crippen LogP contribution < -0.4 is 5.73 Å². The van der Waals surface area contributed by atoms with Gasteiger partial charge in [-0.25, -0.2) is 0 Å². The van der Waals surface area contributed by atoms with Crippen LogP contribution in [-0.4, -0.2) is 10.7 Å². The summed E-state index contributed by atoms with van der Waals surface area (Å²) in [6, 6.07) is 7.88. The zero-order chi connectivity index (χ0) is 10.4. The van der Waals surface area contributed by atoms with Crippen molar-refractivity contribution in [2.24, 2.45) is 5.73 Å². The Morgan fingerprint density at radius 2 is 2.29 bits per heavy atom. The van der Waals surface area contributed by atoms with Crippen LogP contribution >= 0.6 is 24.8 Å². The summed E-state index contributed by atoms with van der Waals surface area (Å²) in [6.07, 6.45) is 5.12. The van der Waals surface area contributed by atoms with Gasteiger partial charge in [-0.15, -0.1) is 0 Å². The maximum atomic E-state index is 5.53. The summed E-state index contributed by atoms with van der Waals surface area (Å²) in [4.78, 5) is 0.439. The molecule has 0 unspecified atom stereocenters. The highest BCUT2D eigenvalue weighted by Crippen LogP contribution is 2.07. The zero-order valence-corrected chi connectivity index (χ0v) is 9.52. The van der Waals surface area contributed by atoms with E-state index in [2.05, 4.69) is 24.8 Å². The van der Waals surface area contributed by atoms with Crippen LogP contribution in [0.15, 0.2) is 30.3 Å². The lowest BCUT2D eigenvalue weighted by atomic mass is 10.1. The zero-order valence-electron chi connectivity index (χ0n) is 7.81. The number of thiocarbonyl (C=S) groups is 1. The van der Waals surface area contributed by atoms with Gasteiger partial charge in [0.1, 0.15) is 4.99 Å². The molecule has 2 N–H and O–H groups in total. The Morgan fingerprint density at radius 1 is 1.50 bits per heavy atom. The normalized spacial score (nSPS) is 10.6. The molecule has 1 aromatic carbocycles. The minimum absolute atomic E-state index is 0.439. The molecule has 0 fully saturated rings. The van der Waals surface area contributed by atoms with E-state index >= 15 is 0 Å². The van der Waals surface area contributed by atoms with Crippen molar-refractivity contribution in [3.05, 3.63) is 41.5 Å². The second-order valence-corrected chi connectivity index (χ2v) is 3.79. The Hall–Kier alpha value is -0.800. The summed E-state index contributed by atoms with van der Waals surface area (Å²) in [7, 11) is 0. The van der Waals surface area contributed by atoms with Crippen molar-refractivity contribution < 1.29 is 0 Å². The molecule has 0 saturated carbocycles. The van der Waals surface area contributed by atoms with E-state index in [9.17, 15) is 0 Å². The third-order valence-corrected chi connectivity index (χ3v) is 2.27. The Bertz CT molecular complexity index is 345. The van der Waals surface area contributed by atoms with Gasteiger partial charge >= 0.3 is 0 Å². The predicted molar refractivity (Wildman–Crippen MR) is 69.8 cm³/mol. The first-order valence-corrected chi connectivity index (χ1v) is 5.45. The second kappa shape index (κ2) is 5.83. The van der Waals surface area contributed by atoms with Gasteiger partial charge in [0.05, 0.1) is 0 Å². The quantitative estimate of drug-likeness (QED) is 0.606. The average Bonchev–Trinajstić information content (AvgIpc) is 2.19. The number of rotatable bonds is 4. The van der Waals surface area contributed by atoms with Crippen LogP contribution in [0.25, 0.3) is 6.08 Å². The number of hydrogen-bond acceptors (Lipinski definition) is 2. The van der Waals surface area contributed by atoms with E-state index in [1.165, 1.54) is 0 Å². The van der Waals surface area contributed by atoms with Gasteiger partial charge < -0.3 is 5.73 Å². The Balaban J connectivity index is 2.78. The molecule has 1 aromatic rings. The van der Waals surface area contributed by atoms with Crippen LogP contribution in [0, 0.1) is 0 Å². The van der Waals surface area contributed by atoms with Gasteiger partial charge in [-0.2, -0.15) is 12.6 Å². The predicted octanol–water partition coefficient (Wildman–Crippen LogP) is 2.65. The summed E-state index contributed by atoms with van der Waals surface area (Å²) >= 11 is 9.03. The highest BCUT2D eigenvalue weighted by Gasteiger charge is 1.94. The van der Waals surface area contributed by atoms with E-state index in [0.29, 0.717) is 4.99 Å². The fraction of sp³-hybridized carbons (Fsp3) is 0.182. The third-order valence-electron chi connectivity index (χ3n) is 1.78. The molecule has 3 heteroatoms. The van der Waals surface area contributed by atoms with Crippen molar-refractivity contribution in [3.63, 3.8) is 0 Å². The van der Waals surface area contributed by atoms with Crippen LogP contribution in [0.3, 0.4) is 0 Å². The van der Waals surface area contributed by atoms with Gasteiger partial charge in [0, 0.05) is 5.56 Å². The Morgan fingerprint density at radius 3 is 2.93 bits per heavy atom. The summed E-state index contributed by atoms with van der Waals surface area (Å²) in [5.41, 5.74) is 7.57. The molecule has 0 aliphatic rings. The molecule has 0 saturated heterocycles. The van der Waals surface area contributed by atoms with E-state index in [4.69, 9.17) is 18.0 Å². The molecule has 1 nitrogen and oxygen atoms in total. The van der Waals surface area contributed by atoms with Crippen molar-refractivity contribution in [3.8, 4) is 0 Å². The van der Waals surface area contributed by atoms with Crippen molar-refractivity contribution >= 4 is 35.9 Å². The molecule has 0 amide bonds. The number of allylic oxidation sites excluding steroid dienone is 1. The first-order valence-electron chi connectivity index (χ1n) is 4.41. The lowest BCUT2D eigenvalue weighted by Gasteiger charge is -1.99. The van der Waals surface area contributed by atoms with Gasteiger partial charge in [0.2, 0.25) is 0 Å². The minimum Gasteiger partial charge on any atom is -0.389 e. The molecule has 0 atom stereocenters. The lowest BCUT2D eigenvalue weighted by molar-refractivity contribution is 1.26. The molecule has 0 heterocycles. The highest BCUT2D eigenvalue weighted by molar-refractivity contribution is 7.80. The fourth-order valence-corrected chi connectivity index (χ4v) is 1.37. The summed E-state index contributed by atoms with van der Waals surface area (Å²) in [5.74, 6) is 0.867. The molecular formula is C11H13NS2. The van der Waals surface area contributed by atoms with Crippen LogP contribution in [0.1, 0.15) is 17.5 Å². The first kappa shape index (κ1) is 11.3. The molecular weight excluding hydrogens is 210 g/mol. The number of benzene rings is 1. The Labute approximate surface area is 95.4 Å². The average molecular weight is 223 g/mol. The van der Waals surface area contributed by atoms with E-state index in [-0.39, 0.29) is 0 Å². The largest absolute Gasteiger partial charge is 0.389 e. The summed E-state index contributed by atoms with van der Waals surface area (Å²) in [5, 5.41) is 0. The lowest BCUT2D eigenvalue weighted by Crippen LogP contribution is -2.08. The van der Waals surface area contributed by atoms with Crippen LogP contribution in [-0.2, 0) is 0 Å². The van der Waals surface area contributed by atoms with Gasteiger partial charge in [-0.1, -0.05) is 42.6 Å². The minimum atomic E-state index is 0.439. The highest BCUT2D eigenvalue weighted by atomic mass is 32.1. The van der Waals surface area contributed by atoms with Crippen LogP contribution in [0.5, 0.6) is 0 Å². The smallest absolute Gasteiger partial charge is 0.104 e. The monoisotopic (exact) mass is 223 g/mol. The van der Waals surface area contributed by atoms with E-state index in [0.717, 1.165) is 23.3 Å². The van der Waals surface area contributed by atoms with E-state index in [1.807, 2.05) is 24.3 Å². The fourth-order valence-electron chi connectivity index (χ4n) is 1.09. The third kappa shape index (κ3) is 3.52. The molecule has 0 aliphatic carbocycles. The summed E-state index contributed by atoms with van der Waals surface area (Å²) in [6.45, 7) is 0. The van der Waals surface area contributed by atoms with Gasteiger partial charge in [-0.3, -0.25) is 0 Å². The van der Waals surface area contributed by atoms with Crippen molar-refractivity contribution in [2.45, 2.75) is 6.42 Å². The van der Waals surface area contributed by atoms with Gasteiger partial charge in [0.25, 0.3) is 0 Å². The van der Waals surface area contributed by atoms with E-state index in [1.54, 1.807) is 0 Å². The molecule has 0 spiro atoms. The molecule has 74 valence electrons. The SMILES string of the molecule is NC(=S)c1cccc(C=CCCS)c1. The molecule has 14 heavy (non-hydrogen) atoms. The van der Waals surface area contributed by atoms with Gasteiger partial charge in [0.15, 0.2) is 0 Å². The molecule has 0 bridgehead atoms. The van der Waals surface area contributed by atoms with Crippen LogP contribution in [0.4, 0.5) is 0 Å². The molecule has 1 rings (SSSR count). The molecule has 0 aromatic heterocycles. The van der Waals surface area contributed by atoms with Crippen molar-refractivity contribution in [1.82, 2.24) is 0 Å². The maximum absolute atomic E-state index is 5.53. The summed E-state index contributed by atoms with van der Waals surface area (Å²) < 4.78 is 0. The topological polar surface area (TPSA) is 26.0 Å². The van der Waals surface area contributed by atoms with E-state index < -0.39 is 0 Å². The van der Waals surface area contributed by atoms with Crippen molar-refractivity contribution in [1.29, 1.82) is 0 Å².